The fourth-order valence-corrected chi connectivity index (χ4v) is 4.14. The summed E-state index contributed by atoms with van der Waals surface area (Å²) < 4.78 is 22.1. The Hall–Kier alpha value is -3.65. The maximum atomic E-state index is 12.8. The Morgan fingerprint density at radius 3 is 2.41 bits per heavy atom. The fourth-order valence-electron chi connectivity index (χ4n) is 3.89. The summed E-state index contributed by atoms with van der Waals surface area (Å²) in [6.07, 6.45) is 0. The quantitative estimate of drug-likeness (QED) is 0.467. The summed E-state index contributed by atoms with van der Waals surface area (Å²) in [5.74, 6) is 2.10. The minimum absolute atomic E-state index is 0.0368. The molecule has 2 aliphatic rings. The van der Waals surface area contributed by atoms with Gasteiger partial charge >= 0.3 is 0 Å². The number of aromatic nitrogens is 2. The van der Waals surface area contributed by atoms with Gasteiger partial charge < -0.3 is 18.9 Å². The van der Waals surface area contributed by atoms with Gasteiger partial charge in [-0.05, 0) is 23.8 Å². The Kier molecular flexibility index (Phi) is 3.20. The van der Waals surface area contributed by atoms with Crippen LogP contribution in [0, 0.1) is 0 Å². The van der Waals surface area contributed by atoms with Gasteiger partial charge in [0.1, 0.15) is 0 Å². The van der Waals surface area contributed by atoms with E-state index in [4.69, 9.17) is 30.5 Å². The molecule has 3 aromatic carbocycles. The van der Waals surface area contributed by atoms with E-state index in [0.717, 1.165) is 0 Å². The Labute approximate surface area is 166 Å². The van der Waals surface area contributed by atoms with Crippen molar-refractivity contribution in [2.45, 2.75) is 0 Å². The van der Waals surface area contributed by atoms with Crippen molar-refractivity contribution in [3.05, 3.63) is 56.1 Å². The predicted molar refractivity (Wildman–Crippen MR) is 105 cm³/mol. The van der Waals surface area contributed by atoms with Gasteiger partial charge in [0.2, 0.25) is 13.6 Å². The molecule has 0 amide bonds. The van der Waals surface area contributed by atoms with Gasteiger partial charge in [0, 0.05) is 22.4 Å². The highest BCUT2D eigenvalue weighted by molar-refractivity contribution is 6.37. The first-order chi connectivity index (χ1) is 14.1. The van der Waals surface area contributed by atoms with Crippen molar-refractivity contribution in [3.63, 3.8) is 0 Å². The van der Waals surface area contributed by atoms with Crippen molar-refractivity contribution in [1.29, 1.82) is 0 Å². The Bertz CT molecular complexity index is 1470. The molecule has 144 valence electrons. The summed E-state index contributed by atoms with van der Waals surface area (Å²) in [7, 11) is 0. The molecular formula is C20H11ClN2O6. The molecule has 4 aromatic rings. The van der Waals surface area contributed by atoms with E-state index in [0.29, 0.717) is 49.9 Å². The molecule has 8 nitrogen and oxygen atoms in total. The normalized spacial score (nSPS) is 14.1. The first-order valence-corrected chi connectivity index (χ1v) is 9.09. The van der Waals surface area contributed by atoms with E-state index in [1.807, 2.05) is 0 Å². The van der Waals surface area contributed by atoms with Crippen LogP contribution < -0.4 is 30.1 Å². The summed E-state index contributed by atoms with van der Waals surface area (Å²) in [6, 6.07) is 8.56. The smallest absolute Gasteiger partial charge is 0.271 e. The van der Waals surface area contributed by atoms with Gasteiger partial charge in [-0.15, -0.1) is 0 Å². The average molecular weight is 411 g/mol. The van der Waals surface area contributed by atoms with Crippen molar-refractivity contribution in [2.75, 3.05) is 13.6 Å². The van der Waals surface area contributed by atoms with Crippen molar-refractivity contribution >= 4 is 33.1 Å². The third kappa shape index (κ3) is 2.20. The van der Waals surface area contributed by atoms with Crippen LogP contribution in [0.2, 0.25) is 5.02 Å². The lowest BCUT2D eigenvalue weighted by Crippen LogP contribution is -2.19. The van der Waals surface area contributed by atoms with E-state index in [2.05, 4.69) is 10.2 Å². The number of fused-ring (bicyclic) bond motifs is 5. The molecule has 0 aliphatic carbocycles. The lowest BCUT2D eigenvalue weighted by Gasteiger charge is -2.14. The number of halogens is 1. The zero-order valence-electron chi connectivity index (χ0n) is 14.6. The van der Waals surface area contributed by atoms with Gasteiger partial charge in [-0.3, -0.25) is 19.8 Å². The van der Waals surface area contributed by atoms with Crippen molar-refractivity contribution < 1.29 is 18.9 Å². The monoisotopic (exact) mass is 410 g/mol. The lowest BCUT2D eigenvalue weighted by atomic mass is 9.92. The summed E-state index contributed by atoms with van der Waals surface area (Å²) in [6.45, 7) is 0.155. The van der Waals surface area contributed by atoms with Gasteiger partial charge in [0.15, 0.2) is 23.0 Å². The van der Waals surface area contributed by atoms with Gasteiger partial charge in [-0.25, -0.2) is 0 Å². The van der Waals surface area contributed by atoms with E-state index in [9.17, 15) is 9.59 Å². The number of ether oxygens (including phenoxy) is 4. The van der Waals surface area contributed by atoms with Crippen LogP contribution in [0.4, 0.5) is 0 Å². The maximum absolute atomic E-state index is 12.8. The molecule has 0 atom stereocenters. The number of hydrogen-bond donors (Lipinski definition) is 2. The third-order valence-electron chi connectivity index (χ3n) is 5.13. The van der Waals surface area contributed by atoms with Crippen LogP contribution in [-0.2, 0) is 0 Å². The van der Waals surface area contributed by atoms with Gasteiger partial charge in [-0.1, -0.05) is 17.7 Å². The van der Waals surface area contributed by atoms with Crippen molar-refractivity contribution in [1.82, 2.24) is 10.2 Å². The van der Waals surface area contributed by atoms with Crippen molar-refractivity contribution in [2.24, 2.45) is 0 Å². The largest absolute Gasteiger partial charge is 0.454 e. The van der Waals surface area contributed by atoms with E-state index in [1.165, 1.54) is 0 Å². The van der Waals surface area contributed by atoms with Gasteiger partial charge in [0.25, 0.3) is 11.1 Å². The summed E-state index contributed by atoms with van der Waals surface area (Å²) in [4.78, 5) is 25.3. The zero-order valence-corrected chi connectivity index (χ0v) is 15.4. The van der Waals surface area contributed by atoms with Crippen LogP contribution in [-0.4, -0.2) is 23.8 Å². The van der Waals surface area contributed by atoms with E-state index < -0.39 is 11.1 Å². The van der Waals surface area contributed by atoms with E-state index in [-0.39, 0.29) is 24.4 Å². The molecular weight excluding hydrogens is 400 g/mol. The highest BCUT2D eigenvalue weighted by Crippen LogP contribution is 2.49. The number of hydrogen-bond acceptors (Lipinski definition) is 6. The summed E-state index contributed by atoms with van der Waals surface area (Å²) in [5, 5.41) is 6.75. The molecule has 0 fully saturated rings. The van der Waals surface area contributed by atoms with Crippen LogP contribution in [0.5, 0.6) is 23.0 Å². The van der Waals surface area contributed by atoms with Gasteiger partial charge in [0.05, 0.1) is 15.8 Å². The SMILES string of the molecule is O=c1[nH][nH]c(=O)c2c(-c3ccc4c(c3)OCO4)c3c4c(cc(Cl)c3cc12)OCO4. The van der Waals surface area contributed by atoms with Crippen LogP contribution in [0.25, 0.3) is 32.7 Å². The third-order valence-corrected chi connectivity index (χ3v) is 5.45. The molecule has 0 unspecified atom stereocenters. The molecule has 0 radical (unpaired) electrons. The Morgan fingerprint density at radius 2 is 1.52 bits per heavy atom. The first kappa shape index (κ1) is 16.3. The second kappa shape index (κ2) is 5.68. The molecule has 2 N–H and O–H groups in total. The number of H-pyrrole nitrogens is 2. The number of benzene rings is 3. The molecule has 29 heavy (non-hydrogen) atoms. The zero-order chi connectivity index (χ0) is 19.7. The van der Waals surface area contributed by atoms with Crippen molar-refractivity contribution in [3.8, 4) is 34.1 Å². The van der Waals surface area contributed by atoms with Crippen LogP contribution in [0.3, 0.4) is 0 Å². The standard InChI is InChI=1S/C20H11ClN2O6/c21-11-5-14-18(29-7-28-14)16-9(11)4-10-17(20(25)23-22-19(10)24)15(16)8-1-2-12-13(3-8)27-6-26-12/h1-5H,6-7H2,(H,22,24)(H,23,25). The van der Waals surface area contributed by atoms with E-state index >= 15 is 0 Å². The minimum atomic E-state index is -0.443. The summed E-state index contributed by atoms with van der Waals surface area (Å²) in [5.41, 5.74) is 0.285. The van der Waals surface area contributed by atoms with Gasteiger partial charge in [-0.2, -0.15) is 0 Å². The highest BCUT2D eigenvalue weighted by Gasteiger charge is 2.26. The summed E-state index contributed by atoms with van der Waals surface area (Å²) >= 11 is 6.51. The second-order valence-corrected chi connectivity index (χ2v) is 7.07. The molecule has 1 aromatic heterocycles. The fraction of sp³-hybridized carbons (Fsp3) is 0.100. The second-order valence-electron chi connectivity index (χ2n) is 6.67. The molecule has 2 aliphatic heterocycles. The molecule has 6 rings (SSSR count). The average Bonchev–Trinajstić information content (AvgIpc) is 3.38. The topological polar surface area (TPSA) is 103 Å². The number of aromatic amines is 2. The minimum Gasteiger partial charge on any atom is -0.454 e. The first-order valence-electron chi connectivity index (χ1n) is 8.71. The van der Waals surface area contributed by atoms with Crippen LogP contribution >= 0.6 is 11.6 Å². The van der Waals surface area contributed by atoms with Crippen LogP contribution in [0.15, 0.2) is 39.9 Å². The molecule has 3 heterocycles. The van der Waals surface area contributed by atoms with Crippen LogP contribution in [0.1, 0.15) is 0 Å². The predicted octanol–water partition coefficient (Wildman–Crippen LogP) is 3.15. The molecule has 0 saturated heterocycles. The maximum Gasteiger partial charge on any atom is 0.271 e. The lowest BCUT2D eigenvalue weighted by molar-refractivity contribution is 0.174. The Morgan fingerprint density at radius 1 is 0.759 bits per heavy atom. The Balaban J connectivity index is 1.88. The molecule has 0 saturated carbocycles. The molecule has 9 heteroatoms. The van der Waals surface area contributed by atoms with E-state index in [1.54, 1.807) is 30.3 Å². The number of rotatable bonds is 1. The molecule has 0 bridgehead atoms. The molecule has 0 spiro atoms. The highest BCUT2D eigenvalue weighted by atomic mass is 35.5. The number of nitrogens with one attached hydrogen (secondary N) is 2.